The molecule has 2 saturated heterocycles. The highest BCUT2D eigenvalue weighted by molar-refractivity contribution is 5.87. The van der Waals surface area contributed by atoms with E-state index in [-0.39, 0.29) is 17.2 Å². The van der Waals surface area contributed by atoms with Gasteiger partial charge in [0, 0.05) is 6.08 Å². The number of aliphatic hydroxyl groups is 7. The average Bonchev–Trinajstić information content (AvgIpc) is 3.16. The average molecular weight is 548 g/mol. The molecule has 0 aliphatic carbocycles. The van der Waals surface area contributed by atoms with Crippen LogP contribution in [0.3, 0.4) is 0 Å². The van der Waals surface area contributed by atoms with Crippen molar-refractivity contribution in [2.75, 3.05) is 34.0 Å². The van der Waals surface area contributed by atoms with E-state index in [0.29, 0.717) is 5.56 Å². The second kappa shape index (κ2) is 12.5. The number of esters is 1. The first-order chi connectivity index (χ1) is 18.0. The lowest BCUT2D eigenvalue weighted by Gasteiger charge is -2.43. The molecule has 0 radical (unpaired) electrons. The van der Waals surface area contributed by atoms with Gasteiger partial charge < -0.3 is 69.3 Å². The summed E-state index contributed by atoms with van der Waals surface area (Å²) in [4.78, 5) is 12.3. The van der Waals surface area contributed by atoms with E-state index < -0.39 is 80.6 Å². The van der Waals surface area contributed by atoms with Crippen LogP contribution in [0.1, 0.15) is 5.56 Å². The van der Waals surface area contributed by atoms with Crippen LogP contribution in [-0.4, -0.2) is 136 Å². The van der Waals surface area contributed by atoms with Gasteiger partial charge >= 0.3 is 5.97 Å². The molecule has 9 atom stereocenters. The van der Waals surface area contributed by atoms with Gasteiger partial charge in [-0.25, -0.2) is 4.79 Å². The highest BCUT2D eigenvalue weighted by Crippen LogP contribution is 2.38. The molecular weight excluding hydrogens is 516 g/mol. The lowest BCUT2D eigenvalue weighted by Crippen LogP contribution is -2.62. The summed E-state index contributed by atoms with van der Waals surface area (Å²) >= 11 is 0. The van der Waals surface area contributed by atoms with Crippen LogP contribution < -0.4 is 9.47 Å². The van der Waals surface area contributed by atoms with Gasteiger partial charge in [-0.05, 0) is 23.8 Å². The number of phenols is 1. The minimum Gasteiger partial charge on any atom is -0.502 e. The Kier molecular flexibility index (Phi) is 9.88. The fourth-order valence-electron chi connectivity index (χ4n) is 4.00. The minimum absolute atomic E-state index is 0.101. The number of rotatable bonds is 10. The molecular formula is C23H32O15. The molecule has 0 amide bonds. The third-order valence-electron chi connectivity index (χ3n) is 6.19. The third kappa shape index (κ3) is 6.02. The van der Waals surface area contributed by atoms with Crippen molar-refractivity contribution in [3.63, 3.8) is 0 Å². The number of benzene rings is 1. The number of carbonyl (C=O) groups excluding carboxylic acids is 1. The number of phenolic OH excluding ortho intramolecular Hbond substituents is 1. The minimum atomic E-state index is -2.34. The molecule has 2 aliphatic rings. The van der Waals surface area contributed by atoms with Crippen molar-refractivity contribution in [2.24, 2.45) is 0 Å². The Bertz CT molecular complexity index is 961. The first kappa shape index (κ1) is 30.0. The zero-order valence-corrected chi connectivity index (χ0v) is 20.5. The molecule has 0 spiro atoms. The van der Waals surface area contributed by atoms with Gasteiger partial charge in [-0.1, -0.05) is 0 Å². The standard InChI is InChI=1S/C23H32O15/c1-33-11-5-10(6-12(34-2)16(11)27)3-4-15(26)35-8-14-17(28)19(30)20(31)22(36-14)38-23(9-25)21(32)18(29)13(7-24)37-23/h3-6,13-14,17-22,24-25,27-32H,7-9H2,1-2H3/b4-3+/t13-,14-,17-,18-,19+,20-,21+,22-,23+/m1/s1. The molecule has 1 aromatic carbocycles. The molecule has 15 nitrogen and oxygen atoms in total. The highest BCUT2D eigenvalue weighted by atomic mass is 16.8. The Balaban J connectivity index is 1.66. The summed E-state index contributed by atoms with van der Waals surface area (Å²) in [5.74, 6) is -3.25. The topological polar surface area (TPSA) is 234 Å². The van der Waals surface area contributed by atoms with Gasteiger partial charge in [-0.2, -0.15) is 0 Å². The van der Waals surface area contributed by atoms with Crippen LogP contribution in [0.2, 0.25) is 0 Å². The first-order valence-electron chi connectivity index (χ1n) is 11.4. The largest absolute Gasteiger partial charge is 0.502 e. The Hall–Kier alpha value is -2.57. The molecule has 214 valence electrons. The molecule has 0 aromatic heterocycles. The van der Waals surface area contributed by atoms with Crippen molar-refractivity contribution in [3.8, 4) is 17.2 Å². The van der Waals surface area contributed by atoms with Crippen LogP contribution >= 0.6 is 0 Å². The Morgan fingerprint density at radius 1 is 0.974 bits per heavy atom. The molecule has 2 fully saturated rings. The maximum Gasteiger partial charge on any atom is 0.330 e. The normalized spacial score (nSPS) is 35.4. The van der Waals surface area contributed by atoms with E-state index in [1.165, 1.54) is 32.4 Å². The summed E-state index contributed by atoms with van der Waals surface area (Å²) < 4.78 is 31.2. The smallest absolute Gasteiger partial charge is 0.330 e. The Morgan fingerprint density at radius 3 is 2.13 bits per heavy atom. The van der Waals surface area contributed by atoms with Gasteiger partial charge in [-0.15, -0.1) is 0 Å². The number of aliphatic hydroxyl groups excluding tert-OH is 7. The molecule has 0 saturated carbocycles. The van der Waals surface area contributed by atoms with E-state index in [9.17, 15) is 45.6 Å². The molecule has 1 aromatic rings. The van der Waals surface area contributed by atoms with E-state index in [1.807, 2.05) is 0 Å². The highest BCUT2D eigenvalue weighted by Gasteiger charge is 2.58. The Labute approximate surface area is 216 Å². The van der Waals surface area contributed by atoms with E-state index in [4.69, 9.17) is 28.4 Å². The number of methoxy groups -OCH3 is 2. The van der Waals surface area contributed by atoms with Crippen LogP contribution in [-0.2, 0) is 23.7 Å². The Morgan fingerprint density at radius 2 is 1.61 bits per heavy atom. The molecule has 3 rings (SSSR count). The van der Waals surface area contributed by atoms with Crippen molar-refractivity contribution in [3.05, 3.63) is 23.8 Å². The summed E-state index contributed by atoms with van der Waals surface area (Å²) in [6.45, 7) is -2.38. The summed E-state index contributed by atoms with van der Waals surface area (Å²) in [7, 11) is 2.67. The van der Waals surface area contributed by atoms with Gasteiger partial charge in [0.05, 0.1) is 20.8 Å². The summed E-state index contributed by atoms with van der Waals surface area (Å²) in [5, 5.41) is 80.2. The van der Waals surface area contributed by atoms with Gasteiger partial charge in [-0.3, -0.25) is 0 Å². The molecule has 0 bridgehead atoms. The van der Waals surface area contributed by atoms with Crippen LogP contribution in [0.25, 0.3) is 6.08 Å². The van der Waals surface area contributed by atoms with E-state index in [2.05, 4.69) is 0 Å². The summed E-state index contributed by atoms with van der Waals surface area (Å²) in [6.07, 6.45) is -11.2. The van der Waals surface area contributed by atoms with Crippen molar-refractivity contribution >= 4 is 12.0 Å². The predicted molar refractivity (Wildman–Crippen MR) is 123 cm³/mol. The van der Waals surface area contributed by atoms with E-state index in [0.717, 1.165) is 6.08 Å². The quantitative estimate of drug-likeness (QED) is 0.105. The fourth-order valence-corrected chi connectivity index (χ4v) is 4.00. The van der Waals surface area contributed by atoms with E-state index in [1.54, 1.807) is 0 Å². The number of carbonyl (C=O) groups is 1. The van der Waals surface area contributed by atoms with Crippen molar-refractivity contribution in [1.82, 2.24) is 0 Å². The summed E-state index contributed by atoms with van der Waals surface area (Å²) in [6, 6.07) is 2.87. The first-order valence-corrected chi connectivity index (χ1v) is 11.4. The van der Waals surface area contributed by atoms with Crippen LogP contribution in [0.4, 0.5) is 0 Å². The van der Waals surface area contributed by atoms with E-state index >= 15 is 0 Å². The molecule has 38 heavy (non-hydrogen) atoms. The number of hydrogen-bond acceptors (Lipinski definition) is 15. The molecule has 2 heterocycles. The molecule has 0 unspecified atom stereocenters. The maximum absolute atomic E-state index is 12.3. The van der Waals surface area contributed by atoms with Gasteiger partial charge in [0.25, 0.3) is 0 Å². The summed E-state index contributed by atoms with van der Waals surface area (Å²) in [5.41, 5.74) is 0.419. The third-order valence-corrected chi connectivity index (χ3v) is 6.19. The fraction of sp³-hybridized carbons (Fsp3) is 0.609. The van der Waals surface area contributed by atoms with Crippen molar-refractivity contribution < 1.29 is 74.1 Å². The molecule has 8 N–H and O–H groups in total. The van der Waals surface area contributed by atoms with Crippen LogP contribution in [0.5, 0.6) is 17.2 Å². The van der Waals surface area contributed by atoms with Crippen molar-refractivity contribution in [2.45, 2.75) is 54.8 Å². The van der Waals surface area contributed by atoms with Gasteiger partial charge in [0.2, 0.25) is 11.5 Å². The maximum atomic E-state index is 12.3. The van der Waals surface area contributed by atoms with Gasteiger partial charge in [0.1, 0.15) is 55.9 Å². The number of hydrogen-bond donors (Lipinski definition) is 8. The second-order valence-electron chi connectivity index (χ2n) is 8.61. The zero-order chi connectivity index (χ0) is 28.2. The van der Waals surface area contributed by atoms with Crippen LogP contribution in [0.15, 0.2) is 18.2 Å². The predicted octanol–water partition coefficient (Wildman–Crippen LogP) is -3.41. The lowest BCUT2D eigenvalue weighted by atomic mass is 9.99. The monoisotopic (exact) mass is 548 g/mol. The number of ether oxygens (including phenoxy) is 6. The van der Waals surface area contributed by atoms with Crippen LogP contribution in [0, 0.1) is 0 Å². The molecule has 2 aliphatic heterocycles. The zero-order valence-electron chi connectivity index (χ0n) is 20.5. The second-order valence-corrected chi connectivity index (χ2v) is 8.61. The van der Waals surface area contributed by atoms with Gasteiger partial charge in [0.15, 0.2) is 17.8 Å². The number of aromatic hydroxyl groups is 1. The van der Waals surface area contributed by atoms with Crippen molar-refractivity contribution in [1.29, 1.82) is 0 Å². The SMILES string of the molecule is COc1cc(/C=C/C(=O)OC[C@H]2O[C@H](O[C@]3(CO)O[C@H](CO)[C@@H](O)[C@@H]3O)[C@H](O)[C@@H](O)[C@@H]2O)cc(OC)c1O. The molecule has 15 heteroatoms. The lowest BCUT2D eigenvalue weighted by molar-refractivity contribution is -0.383.